The zero-order chi connectivity index (χ0) is 14.5. The van der Waals surface area contributed by atoms with Gasteiger partial charge in [-0.05, 0) is 50.2 Å². The number of amides is 1. The first-order chi connectivity index (χ1) is 10.3. The van der Waals surface area contributed by atoms with E-state index in [0.717, 1.165) is 43.6 Å². The van der Waals surface area contributed by atoms with Gasteiger partial charge in [0, 0.05) is 24.6 Å². The largest absolute Gasteiger partial charge is 0.379 e. The Morgan fingerprint density at radius 3 is 3.19 bits per heavy atom. The molecule has 1 aliphatic carbocycles. The molecule has 4 nitrogen and oxygen atoms in total. The molecule has 116 valence electrons. The van der Waals surface area contributed by atoms with Gasteiger partial charge in [-0.15, -0.1) is 11.3 Å². The summed E-state index contributed by atoms with van der Waals surface area (Å²) in [7, 11) is 0. The van der Waals surface area contributed by atoms with Gasteiger partial charge in [0.2, 0.25) is 0 Å². The molecular formula is C16H23NO3S. The minimum Gasteiger partial charge on any atom is -0.379 e. The standard InChI is InChI=1S/C16H23NO3S/c18-16(15-10-12-4-1-6-14(12)21-15)17-7-3-8-19-11-13-5-2-9-20-13/h10,13H,1-9,11H2,(H,17,18)/t13-/m1/s1. The van der Waals surface area contributed by atoms with Crippen LogP contribution in [0.3, 0.4) is 0 Å². The second-order valence-electron chi connectivity index (χ2n) is 5.73. The molecule has 0 aromatic carbocycles. The van der Waals surface area contributed by atoms with Crippen LogP contribution in [-0.4, -0.2) is 38.4 Å². The van der Waals surface area contributed by atoms with Crippen molar-refractivity contribution in [1.82, 2.24) is 5.32 Å². The van der Waals surface area contributed by atoms with Crippen LogP contribution in [0.2, 0.25) is 0 Å². The summed E-state index contributed by atoms with van der Waals surface area (Å²) in [6, 6.07) is 2.07. The zero-order valence-electron chi connectivity index (χ0n) is 12.4. The molecule has 1 aliphatic heterocycles. The highest BCUT2D eigenvalue weighted by molar-refractivity contribution is 7.14. The summed E-state index contributed by atoms with van der Waals surface area (Å²) in [5.74, 6) is 0.0635. The van der Waals surface area contributed by atoms with Gasteiger partial charge in [-0.25, -0.2) is 0 Å². The molecule has 3 rings (SSSR count). The summed E-state index contributed by atoms with van der Waals surface area (Å²) >= 11 is 1.66. The topological polar surface area (TPSA) is 47.6 Å². The van der Waals surface area contributed by atoms with Gasteiger partial charge in [0.1, 0.15) is 0 Å². The van der Waals surface area contributed by atoms with E-state index in [2.05, 4.69) is 11.4 Å². The number of ether oxygens (including phenoxy) is 2. The molecule has 1 aromatic rings. The fourth-order valence-corrected chi connectivity index (χ4v) is 4.06. The van der Waals surface area contributed by atoms with Gasteiger partial charge < -0.3 is 14.8 Å². The minimum atomic E-state index is 0.0635. The highest BCUT2D eigenvalue weighted by Gasteiger charge is 2.18. The Morgan fingerprint density at radius 1 is 1.43 bits per heavy atom. The van der Waals surface area contributed by atoms with E-state index in [1.54, 1.807) is 11.3 Å². The quantitative estimate of drug-likeness (QED) is 0.788. The van der Waals surface area contributed by atoms with Crippen LogP contribution in [0.15, 0.2) is 6.07 Å². The second-order valence-corrected chi connectivity index (χ2v) is 6.87. The van der Waals surface area contributed by atoms with E-state index in [0.29, 0.717) is 19.8 Å². The van der Waals surface area contributed by atoms with Crippen molar-refractivity contribution >= 4 is 17.2 Å². The molecule has 0 radical (unpaired) electrons. The summed E-state index contributed by atoms with van der Waals surface area (Å²) in [5, 5.41) is 2.98. The lowest BCUT2D eigenvalue weighted by atomic mass is 10.2. The summed E-state index contributed by atoms with van der Waals surface area (Å²) < 4.78 is 11.1. The number of nitrogens with one attached hydrogen (secondary N) is 1. The molecule has 0 saturated carbocycles. The van der Waals surface area contributed by atoms with Crippen LogP contribution in [-0.2, 0) is 22.3 Å². The zero-order valence-corrected chi connectivity index (χ0v) is 13.2. The number of carbonyl (C=O) groups is 1. The van der Waals surface area contributed by atoms with Gasteiger partial charge in [-0.1, -0.05) is 0 Å². The van der Waals surface area contributed by atoms with E-state index in [1.165, 1.54) is 16.9 Å². The molecule has 1 saturated heterocycles. The Kier molecular flexibility index (Phi) is 5.27. The molecule has 2 aliphatic rings. The molecule has 1 aromatic heterocycles. The smallest absolute Gasteiger partial charge is 0.261 e. The van der Waals surface area contributed by atoms with E-state index in [9.17, 15) is 4.79 Å². The van der Waals surface area contributed by atoms with Crippen LogP contribution in [0.4, 0.5) is 0 Å². The number of hydrogen-bond donors (Lipinski definition) is 1. The molecule has 21 heavy (non-hydrogen) atoms. The van der Waals surface area contributed by atoms with Gasteiger partial charge in [-0.2, -0.15) is 0 Å². The normalized spacial score (nSPS) is 20.7. The van der Waals surface area contributed by atoms with E-state index >= 15 is 0 Å². The summed E-state index contributed by atoms with van der Waals surface area (Å²) in [4.78, 5) is 14.3. The lowest BCUT2D eigenvalue weighted by Crippen LogP contribution is -2.25. The van der Waals surface area contributed by atoms with Crippen molar-refractivity contribution in [1.29, 1.82) is 0 Å². The molecule has 0 spiro atoms. The van der Waals surface area contributed by atoms with E-state index in [1.807, 2.05) is 0 Å². The molecule has 1 fully saturated rings. The van der Waals surface area contributed by atoms with Crippen molar-refractivity contribution in [2.75, 3.05) is 26.4 Å². The highest BCUT2D eigenvalue weighted by Crippen LogP contribution is 2.30. The second kappa shape index (κ2) is 7.38. The van der Waals surface area contributed by atoms with Crippen LogP contribution >= 0.6 is 11.3 Å². The van der Waals surface area contributed by atoms with Gasteiger partial charge in [0.25, 0.3) is 5.91 Å². The summed E-state index contributed by atoms with van der Waals surface area (Å²) in [6.45, 7) is 2.91. The lowest BCUT2D eigenvalue weighted by Gasteiger charge is -2.10. The average Bonchev–Trinajstić information content (AvgIpc) is 3.17. The summed E-state index contributed by atoms with van der Waals surface area (Å²) in [6.07, 6.45) is 6.91. The number of rotatable bonds is 7. The van der Waals surface area contributed by atoms with E-state index in [-0.39, 0.29) is 12.0 Å². The minimum absolute atomic E-state index is 0.0635. The molecule has 1 amide bonds. The van der Waals surface area contributed by atoms with Crippen molar-refractivity contribution < 1.29 is 14.3 Å². The van der Waals surface area contributed by atoms with Crippen molar-refractivity contribution in [3.8, 4) is 0 Å². The maximum Gasteiger partial charge on any atom is 0.261 e. The SMILES string of the molecule is O=C(NCCCOC[C@H]1CCCO1)c1cc2c(s1)CCC2. The third-order valence-corrected chi connectivity index (χ3v) is 5.28. The Bertz CT molecular complexity index is 458. The van der Waals surface area contributed by atoms with Gasteiger partial charge >= 0.3 is 0 Å². The fraction of sp³-hybridized carbons (Fsp3) is 0.688. The van der Waals surface area contributed by atoms with Gasteiger partial charge in [0.05, 0.1) is 17.6 Å². The van der Waals surface area contributed by atoms with Crippen LogP contribution in [0.5, 0.6) is 0 Å². The molecule has 0 bridgehead atoms. The Morgan fingerprint density at radius 2 is 2.38 bits per heavy atom. The number of hydrogen-bond acceptors (Lipinski definition) is 4. The van der Waals surface area contributed by atoms with Crippen molar-refractivity contribution in [2.24, 2.45) is 0 Å². The monoisotopic (exact) mass is 309 g/mol. The molecular weight excluding hydrogens is 286 g/mol. The van der Waals surface area contributed by atoms with Crippen molar-refractivity contribution in [3.05, 3.63) is 21.4 Å². The predicted octanol–water partition coefficient (Wildman–Crippen LogP) is 2.55. The number of thiophene rings is 1. The maximum atomic E-state index is 12.0. The molecule has 5 heteroatoms. The number of aryl methyl sites for hydroxylation is 2. The number of fused-ring (bicyclic) bond motifs is 1. The lowest BCUT2D eigenvalue weighted by molar-refractivity contribution is 0.0166. The average molecular weight is 309 g/mol. The molecule has 1 N–H and O–H groups in total. The maximum absolute atomic E-state index is 12.0. The van der Waals surface area contributed by atoms with Crippen molar-refractivity contribution in [3.63, 3.8) is 0 Å². The van der Waals surface area contributed by atoms with Crippen LogP contribution in [0, 0.1) is 0 Å². The molecule has 0 unspecified atom stereocenters. The Labute approximate surface area is 129 Å². The van der Waals surface area contributed by atoms with Gasteiger partial charge in [-0.3, -0.25) is 4.79 Å². The van der Waals surface area contributed by atoms with Crippen LogP contribution < -0.4 is 5.32 Å². The highest BCUT2D eigenvalue weighted by atomic mass is 32.1. The van der Waals surface area contributed by atoms with Crippen molar-refractivity contribution in [2.45, 2.75) is 44.6 Å². The van der Waals surface area contributed by atoms with E-state index < -0.39 is 0 Å². The third-order valence-electron chi connectivity index (χ3n) is 4.05. The Balaban J connectivity index is 1.29. The van der Waals surface area contributed by atoms with E-state index in [4.69, 9.17) is 9.47 Å². The summed E-state index contributed by atoms with van der Waals surface area (Å²) in [5.41, 5.74) is 1.38. The van der Waals surface area contributed by atoms with Gasteiger partial charge in [0.15, 0.2) is 0 Å². The Hall–Kier alpha value is -0.910. The van der Waals surface area contributed by atoms with Crippen LogP contribution in [0.25, 0.3) is 0 Å². The first kappa shape index (κ1) is 15.0. The fourth-order valence-electron chi connectivity index (χ4n) is 2.89. The van der Waals surface area contributed by atoms with Crippen LogP contribution in [0.1, 0.15) is 45.8 Å². The molecule has 1 atom stereocenters. The molecule has 2 heterocycles. The predicted molar refractivity (Wildman–Crippen MR) is 83.1 cm³/mol. The first-order valence-corrected chi connectivity index (χ1v) is 8.74. The third kappa shape index (κ3) is 4.05. The number of carbonyl (C=O) groups excluding carboxylic acids is 1. The first-order valence-electron chi connectivity index (χ1n) is 7.92.